The van der Waals surface area contributed by atoms with Crippen molar-refractivity contribution in [3.63, 3.8) is 0 Å². The summed E-state index contributed by atoms with van der Waals surface area (Å²) in [7, 11) is 2.85. The third-order valence-corrected chi connectivity index (χ3v) is 4.01. The smallest absolute Gasteiger partial charge is 0.328 e. The van der Waals surface area contributed by atoms with Crippen molar-refractivity contribution in [1.29, 1.82) is 0 Å². The minimum absolute atomic E-state index is 0.251. The maximum Gasteiger partial charge on any atom is 0.328 e. The van der Waals surface area contributed by atoms with E-state index in [0.29, 0.717) is 11.4 Å². The molecule has 0 bridgehead atoms. The molecule has 26 heavy (non-hydrogen) atoms. The number of amides is 1. The average molecular weight is 366 g/mol. The van der Waals surface area contributed by atoms with E-state index in [4.69, 9.17) is 14.2 Å². The van der Waals surface area contributed by atoms with Gasteiger partial charge in [0.25, 0.3) is 0 Å². The number of ether oxygens (including phenoxy) is 4. The second kappa shape index (κ2) is 8.37. The second-order valence-electron chi connectivity index (χ2n) is 6.47. The summed E-state index contributed by atoms with van der Waals surface area (Å²) >= 11 is 0. The number of carbonyl (C=O) groups excluding carboxylic acids is 2. The highest BCUT2D eigenvalue weighted by molar-refractivity contribution is 5.89. The van der Waals surface area contributed by atoms with E-state index in [0.717, 1.165) is 0 Å². The topological polar surface area (TPSA) is 95.1 Å². The van der Waals surface area contributed by atoms with Gasteiger partial charge in [0.15, 0.2) is 5.79 Å². The fourth-order valence-electron chi connectivity index (χ4n) is 2.61. The molecule has 2 rings (SSSR count). The molecule has 1 aromatic rings. The number of rotatable bonds is 7. The number of anilines is 1. The highest BCUT2D eigenvalue weighted by Crippen LogP contribution is 2.26. The number of benzene rings is 1. The van der Waals surface area contributed by atoms with Gasteiger partial charge in [0, 0.05) is 5.69 Å². The van der Waals surface area contributed by atoms with E-state index in [2.05, 4.69) is 15.4 Å². The number of carbonyl (C=O) groups is 2. The highest BCUT2D eigenvalue weighted by atomic mass is 16.7. The lowest BCUT2D eigenvalue weighted by Gasteiger charge is -2.26. The molecule has 1 aromatic carbocycles. The molecule has 0 aliphatic carbocycles. The molecule has 2 N–H and O–H groups in total. The van der Waals surface area contributed by atoms with Gasteiger partial charge >= 0.3 is 5.97 Å². The zero-order chi connectivity index (χ0) is 19.3. The van der Waals surface area contributed by atoms with Crippen molar-refractivity contribution in [3.05, 3.63) is 24.3 Å². The summed E-state index contributed by atoms with van der Waals surface area (Å²) in [4.78, 5) is 24.4. The van der Waals surface area contributed by atoms with E-state index in [1.807, 2.05) is 0 Å². The van der Waals surface area contributed by atoms with Crippen LogP contribution in [0.5, 0.6) is 5.75 Å². The number of hydrogen-bond donors (Lipinski definition) is 2. The molecule has 0 saturated carbocycles. The first kappa shape index (κ1) is 20.0. The van der Waals surface area contributed by atoms with E-state index >= 15 is 0 Å². The number of methoxy groups -OCH3 is 2. The number of hydrogen-bond acceptors (Lipinski definition) is 7. The summed E-state index contributed by atoms with van der Waals surface area (Å²) in [6, 6.07) is 5.63. The van der Waals surface area contributed by atoms with Crippen LogP contribution in [-0.2, 0) is 23.8 Å². The Bertz CT molecular complexity index is 631. The first-order valence-electron chi connectivity index (χ1n) is 8.36. The Morgan fingerprint density at radius 3 is 2.38 bits per heavy atom. The standard InChI is InChI=1S/C18H26N2O6/c1-11(17(22)24-5)19-16(21)15(14-10-25-18(2,3)26-14)20-12-6-8-13(23-4)9-7-12/h6-9,11,14-15,20H,10H2,1-5H3,(H,19,21). The van der Waals surface area contributed by atoms with Crippen LogP contribution in [0.15, 0.2) is 24.3 Å². The fourth-order valence-corrected chi connectivity index (χ4v) is 2.61. The molecule has 0 aromatic heterocycles. The monoisotopic (exact) mass is 366 g/mol. The predicted octanol–water partition coefficient (Wildman–Crippen LogP) is 1.30. The fraction of sp³-hybridized carbons (Fsp3) is 0.556. The van der Waals surface area contributed by atoms with Gasteiger partial charge < -0.3 is 29.6 Å². The first-order chi connectivity index (χ1) is 12.3. The Morgan fingerprint density at radius 1 is 1.23 bits per heavy atom. The average Bonchev–Trinajstić information content (AvgIpc) is 2.98. The maximum absolute atomic E-state index is 12.8. The van der Waals surface area contributed by atoms with Gasteiger partial charge in [0.05, 0.1) is 20.8 Å². The third kappa shape index (κ3) is 5.09. The minimum Gasteiger partial charge on any atom is -0.497 e. The Hall–Kier alpha value is -2.32. The van der Waals surface area contributed by atoms with Gasteiger partial charge in [-0.25, -0.2) is 4.79 Å². The van der Waals surface area contributed by atoms with Crippen molar-refractivity contribution in [2.75, 3.05) is 26.1 Å². The van der Waals surface area contributed by atoms with Crippen LogP contribution in [0, 0.1) is 0 Å². The largest absolute Gasteiger partial charge is 0.497 e. The molecule has 1 aliphatic heterocycles. The molecule has 1 aliphatic rings. The van der Waals surface area contributed by atoms with E-state index in [9.17, 15) is 9.59 Å². The normalized spacial score (nSPS) is 20.7. The van der Waals surface area contributed by atoms with Crippen LogP contribution in [0.4, 0.5) is 5.69 Å². The van der Waals surface area contributed by atoms with Crippen molar-refractivity contribution in [2.24, 2.45) is 0 Å². The van der Waals surface area contributed by atoms with Crippen molar-refractivity contribution in [3.8, 4) is 5.75 Å². The van der Waals surface area contributed by atoms with Crippen molar-refractivity contribution < 1.29 is 28.5 Å². The summed E-state index contributed by atoms with van der Waals surface area (Å²) in [5.74, 6) is -0.980. The molecular weight excluding hydrogens is 340 g/mol. The lowest BCUT2D eigenvalue weighted by atomic mass is 10.1. The van der Waals surface area contributed by atoms with Gasteiger partial charge in [0.1, 0.15) is 23.9 Å². The van der Waals surface area contributed by atoms with E-state index in [1.165, 1.54) is 7.11 Å². The summed E-state index contributed by atoms with van der Waals surface area (Å²) in [6.45, 7) is 5.38. The Balaban J connectivity index is 2.15. The van der Waals surface area contributed by atoms with Gasteiger partial charge in [-0.2, -0.15) is 0 Å². The zero-order valence-corrected chi connectivity index (χ0v) is 15.7. The van der Waals surface area contributed by atoms with E-state index in [-0.39, 0.29) is 12.5 Å². The minimum atomic E-state index is -0.779. The Kier molecular flexibility index (Phi) is 6.44. The van der Waals surface area contributed by atoms with Gasteiger partial charge in [0.2, 0.25) is 5.91 Å². The molecule has 1 heterocycles. The van der Waals surface area contributed by atoms with E-state index in [1.54, 1.807) is 52.1 Å². The van der Waals surface area contributed by atoms with Gasteiger partial charge in [-0.1, -0.05) is 0 Å². The zero-order valence-electron chi connectivity index (χ0n) is 15.7. The van der Waals surface area contributed by atoms with Gasteiger partial charge in [-0.3, -0.25) is 4.79 Å². The molecule has 3 atom stereocenters. The molecule has 3 unspecified atom stereocenters. The third-order valence-electron chi connectivity index (χ3n) is 4.01. The Morgan fingerprint density at radius 2 is 1.88 bits per heavy atom. The van der Waals surface area contributed by atoms with Gasteiger partial charge in [-0.15, -0.1) is 0 Å². The lowest BCUT2D eigenvalue weighted by molar-refractivity contribution is -0.148. The highest BCUT2D eigenvalue weighted by Gasteiger charge is 2.41. The van der Waals surface area contributed by atoms with Crippen LogP contribution < -0.4 is 15.4 Å². The van der Waals surface area contributed by atoms with Crippen molar-refractivity contribution >= 4 is 17.6 Å². The molecule has 144 valence electrons. The molecular formula is C18H26N2O6. The number of esters is 1. The van der Waals surface area contributed by atoms with Crippen molar-refractivity contribution in [2.45, 2.75) is 44.7 Å². The first-order valence-corrected chi connectivity index (χ1v) is 8.36. The van der Waals surface area contributed by atoms with E-state index < -0.39 is 29.9 Å². The SMILES string of the molecule is COC(=O)C(C)NC(=O)C(Nc1ccc(OC)cc1)C1COC(C)(C)O1. The van der Waals surface area contributed by atoms with Crippen LogP contribution in [-0.4, -0.2) is 56.7 Å². The molecule has 8 heteroatoms. The predicted molar refractivity (Wildman–Crippen MR) is 94.9 cm³/mol. The summed E-state index contributed by atoms with van der Waals surface area (Å²) in [6.07, 6.45) is -0.517. The van der Waals surface area contributed by atoms with Crippen LogP contribution in [0.2, 0.25) is 0 Å². The molecule has 0 spiro atoms. The molecule has 8 nitrogen and oxygen atoms in total. The van der Waals surface area contributed by atoms with Crippen LogP contribution in [0.1, 0.15) is 20.8 Å². The molecule has 0 radical (unpaired) electrons. The summed E-state index contributed by atoms with van der Waals surface area (Å²) < 4.78 is 21.2. The Labute approximate surface area is 153 Å². The quantitative estimate of drug-likeness (QED) is 0.703. The maximum atomic E-state index is 12.8. The van der Waals surface area contributed by atoms with Gasteiger partial charge in [-0.05, 0) is 45.0 Å². The molecule has 1 saturated heterocycles. The van der Waals surface area contributed by atoms with Crippen LogP contribution in [0.3, 0.4) is 0 Å². The molecule has 1 fully saturated rings. The summed E-state index contributed by atoms with van der Waals surface area (Å²) in [5, 5.41) is 5.79. The summed E-state index contributed by atoms with van der Waals surface area (Å²) in [5.41, 5.74) is 0.713. The molecule has 1 amide bonds. The second-order valence-corrected chi connectivity index (χ2v) is 6.47. The van der Waals surface area contributed by atoms with Crippen molar-refractivity contribution in [1.82, 2.24) is 5.32 Å². The number of nitrogens with one attached hydrogen (secondary N) is 2. The lowest BCUT2D eigenvalue weighted by Crippen LogP contribution is -2.52. The van der Waals surface area contributed by atoms with Crippen LogP contribution >= 0.6 is 0 Å². The van der Waals surface area contributed by atoms with Crippen LogP contribution in [0.25, 0.3) is 0 Å².